The summed E-state index contributed by atoms with van der Waals surface area (Å²) in [4.78, 5) is 15.0. The molecule has 2 nitrogen and oxygen atoms in total. The maximum atomic E-state index is 12.8. The quantitative estimate of drug-likeness (QED) is 0.695. The van der Waals surface area contributed by atoms with Crippen LogP contribution in [0.15, 0.2) is 24.3 Å². The van der Waals surface area contributed by atoms with Crippen molar-refractivity contribution in [3.05, 3.63) is 35.4 Å². The third kappa shape index (κ3) is 3.92. The first-order valence-electron chi connectivity index (χ1n) is 7.71. The molecule has 0 radical (unpaired) electrons. The molecule has 0 amide bonds. The summed E-state index contributed by atoms with van der Waals surface area (Å²) < 4.78 is 0. The first-order chi connectivity index (χ1) is 9.32. The molecule has 1 rings (SSSR count). The highest BCUT2D eigenvalue weighted by Crippen LogP contribution is 2.21. The second-order valence-corrected chi connectivity index (χ2v) is 6.36. The third-order valence-electron chi connectivity index (χ3n) is 3.94. The first-order valence-corrected chi connectivity index (χ1v) is 7.71. The summed E-state index contributed by atoms with van der Waals surface area (Å²) in [5.74, 6) is 0.822. The summed E-state index contributed by atoms with van der Waals surface area (Å²) in [5.41, 5.74) is 1.64. The Bertz CT molecular complexity index is 444. The fourth-order valence-corrected chi connectivity index (χ4v) is 2.82. The van der Waals surface area contributed by atoms with Crippen molar-refractivity contribution in [3.63, 3.8) is 0 Å². The zero-order chi connectivity index (χ0) is 15.3. The SMILES string of the molecule is CCN(CC)C(C)(C)C(=O)c1cccc(CC(C)C)c1. The molecule has 0 aromatic heterocycles. The molecular weight excluding hydrogens is 246 g/mol. The smallest absolute Gasteiger partial charge is 0.182 e. The monoisotopic (exact) mass is 275 g/mol. The maximum absolute atomic E-state index is 12.8. The Morgan fingerprint density at radius 3 is 2.30 bits per heavy atom. The molecule has 0 aliphatic carbocycles. The van der Waals surface area contributed by atoms with E-state index in [0.717, 1.165) is 25.1 Å². The lowest BCUT2D eigenvalue weighted by Crippen LogP contribution is -2.49. The normalized spacial score (nSPS) is 12.2. The molecule has 20 heavy (non-hydrogen) atoms. The predicted octanol–water partition coefficient (Wildman–Crippen LogP) is 4.19. The second-order valence-electron chi connectivity index (χ2n) is 6.36. The van der Waals surface area contributed by atoms with Crippen molar-refractivity contribution in [2.24, 2.45) is 5.92 Å². The summed E-state index contributed by atoms with van der Waals surface area (Å²) in [6.07, 6.45) is 1.02. The number of Topliss-reactive ketones (excluding diaryl/α,β-unsaturated/α-hetero) is 1. The number of likely N-dealkylation sites (N-methyl/N-ethyl adjacent to an activating group) is 1. The van der Waals surface area contributed by atoms with E-state index in [1.54, 1.807) is 0 Å². The van der Waals surface area contributed by atoms with Gasteiger partial charge in [-0.15, -0.1) is 0 Å². The van der Waals surface area contributed by atoms with E-state index < -0.39 is 5.54 Å². The van der Waals surface area contributed by atoms with E-state index in [1.165, 1.54) is 5.56 Å². The minimum absolute atomic E-state index is 0.215. The summed E-state index contributed by atoms with van der Waals surface area (Å²) >= 11 is 0. The van der Waals surface area contributed by atoms with Gasteiger partial charge >= 0.3 is 0 Å². The van der Waals surface area contributed by atoms with E-state index in [9.17, 15) is 4.79 Å². The molecule has 0 aliphatic heterocycles. The van der Waals surface area contributed by atoms with E-state index in [4.69, 9.17) is 0 Å². The molecule has 1 aromatic carbocycles. The van der Waals surface area contributed by atoms with Crippen LogP contribution in [-0.2, 0) is 6.42 Å². The summed E-state index contributed by atoms with van der Waals surface area (Å²) in [7, 11) is 0. The lowest BCUT2D eigenvalue weighted by Gasteiger charge is -2.35. The average molecular weight is 275 g/mol. The fourth-order valence-electron chi connectivity index (χ4n) is 2.82. The van der Waals surface area contributed by atoms with Crippen LogP contribution in [0.2, 0.25) is 0 Å². The Labute approximate surface area is 124 Å². The van der Waals surface area contributed by atoms with Gasteiger partial charge in [-0.05, 0) is 50.9 Å². The zero-order valence-corrected chi connectivity index (χ0v) is 13.9. The van der Waals surface area contributed by atoms with Crippen molar-refractivity contribution in [3.8, 4) is 0 Å². The van der Waals surface area contributed by atoms with Gasteiger partial charge in [0.2, 0.25) is 0 Å². The number of ketones is 1. The van der Waals surface area contributed by atoms with Crippen molar-refractivity contribution >= 4 is 5.78 Å². The van der Waals surface area contributed by atoms with E-state index in [1.807, 2.05) is 26.0 Å². The standard InChI is InChI=1S/C18H29NO/c1-7-19(8-2)18(5,6)17(20)16-11-9-10-15(13-16)12-14(3)4/h9-11,13-14H,7-8,12H2,1-6H3. The Morgan fingerprint density at radius 1 is 1.20 bits per heavy atom. The van der Waals surface area contributed by atoms with Crippen molar-refractivity contribution in [2.45, 2.75) is 53.5 Å². The molecule has 1 aromatic rings. The highest BCUT2D eigenvalue weighted by atomic mass is 16.1. The van der Waals surface area contributed by atoms with Crippen LogP contribution in [0.3, 0.4) is 0 Å². The molecule has 0 N–H and O–H groups in total. The minimum atomic E-state index is -0.444. The van der Waals surface area contributed by atoms with Gasteiger partial charge in [0.15, 0.2) is 5.78 Å². The fraction of sp³-hybridized carbons (Fsp3) is 0.611. The molecule has 0 heterocycles. The van der Waals surface area contributed by atoms with Crippen LogP contribution in [0.1, 0.15) is 57.5 Å². The number of carbonyl (C=O) groups excluding carboxylic acids is 1. The van der Waals surface area contributed by atoms with E-state index in [-0.39, 0.29) is 5.78 Å². The van der Waals surface area contributed by atoms with Crippen LogP contribution in [-0.4, -0.2) is 29.3 Å². The maximum Gasteiger partial charge on any atom is 0.182 e. The number of hydrogen-bond donors (Lipinski definition) is 0. The van der Waals surface area contributed by atoms with Gasteiger partial charge in [0.1, 0.15) is 0 Å². The largest absolute Gasteiger partial charge is 0.292 e. The summed E-state index contributed by atoms with van der Waals surface area (Å²) in [6, 6.07) is 8.12. The first kappa shape index (κ1) is 16.9. The molecule has 0 aliphatic rings. The van der Waals surface area contributed by atoms with Gasteiger partial charge in [-0.1, -0.05) is 45.9 Å². The third-order valence-corrected chi connectivity index (χ3v) is 3.94. The van der Waals surface area contributed by atoms with Gasteiger partial charge in [0.05, 0.1) is 5.54 Å². The average Bonchev–Trinajstić information content (AvgIpc) is 2.38. The number of nitrogens with zero attached hydrogens (tertiary/aromatic N) is 1. The zero-order valence-electron chi connectivity index (χ0n) is 13.9. The molecule has 0 spiro atoms. The Morgan fingerprint density at radius 2 is 1.80 bits per heavy atom. The highest BCUT2D eigenvalue weighted by molar-refractivity contribution is 6.02. The number of rotatable bonds is 7. The van der Waals surface area contributed by atoms with Crippen molar-refractivity contribution < 1.29 is 4.79 Å². The van der Waals surface area contributed by atoms with Gasteiger partial charge in [-0.25, -0.2) is 0 Å². The topological polar surface area (TPSA) is 20.3 Å². The summed E-state index contributed by atoms with van der Waals surface area (Å²) in [5, 5.41) is 0. The lowest BCUT2D eigenvalue weighted by molar-refractivity contribution is 0.0668. The van der Waals surface area contributed by atoms with Crippen LogP contribution < -0.4 is 0 Å². The molecule has 0 unspecified atom stereocenters. The van der Waals surface area contributed by atoms with Crippen LogP contribution >= 0.6 is 0 Å². The summed E-state index contributed by atoms with van der Waals surface area (Å²) in [6.45, 7) is 14.4. The Hall–Kier alpha value is -1.15. The van der Waals surface area contributed by atoms with Crippen molar-refractivity contribution in [1.29, 1.82) is 0 Å². The minimum Gasteiger partial charge on any atom is -0.292 e. The number of benzene rings is 1. The number of carbonyl (C=O) groups is 1. The van der Waals surface area contributed by atoms with Crippen LogP contribution in [0.4, 0.5) is 0 Å². The highest BCUT2D eigenvalue weighted by Gasteiger charge is 2.33. The Kier molecular flexibility index (Phi) is 5.94. The van der Waals surface area contributed by atoms with Gasteiger partial charge in [0, 0.05) is 5.56 Å². The molecule has 0 bridgehead atoms. The predicted molar refractivity (Wildman–Crippen MR) is 86.3 cm³/mol. The van der Waals surface area contributed by atoms with Gasteiger partial charge in [0.25, 0.3) is 0 Å². The molecular formula is C18H29NO. The van der Waals surface area contributed by atoms with Crippen LogP contribution in [0.5, 0.6) is 0 Å². The molecule has 112 valence electrons. The van der Waals surface area contributed by atoms with Gasteiger partial charge in [-0.2, -0.15) is 0 Å². The van der Waals surface area contributed by atoms with Crippen molar-refractivity contribution in [1.82, 2.24) is 4.90 Å². The molecule has 0 fully saturated rings. The van der Waals surface area contributed by atoms with E-state index >= 15 is 0 Å². The van der Waals surface area contributed by atoms with Gasteiger partial charge in [-0.3, -0.25) is 9.69 Å². The second kappa shape index (κ2) is 7.03. The van der Waals surface area contributed by atoms with Crippen molar-refractivity contribution in [2.75, 3.05) is 13.1 Å². The van der Waals surface area contributed by atoms with Crippen LogP contribution in [0, 0.1) is 5.92 Å². The van der Waals surface area contributed by atoms with Gasteiger partial charge < -0.3 is 0 Å². The number of hydrogen-bond acceptors (Lipinski definition) is 2. The molecule has 0 atom stereocenters. The molecule has 2 heteroatoms. The molecule has 0 saturated heterocycles. The lowest BCUT2D eigenvalue weighted by atomic mass is 9.89. The Balaban J connectivity index is 3.02. The van der Waals surface area contributed by atoms with E-state index in [0.29, 0.717) is 5.92 Å². The molecule has 0 saturated carbocycles. The van der Waals surface area contributed by atoms with E-state index in [2.05, 4.69) is 44.7 Å². The van der Waals surface area contributed by atoms with Crippen LogP contribution in [0.25, 0.3) is 0 Å².